The smallest absolute Gasteiger partial charge is 0.315 e. The number of benzene rings is 1. The predicted molar refractivity (Wildman–Crippen MR) is 92.5 cm³/mol. The van der Waals surface area contributed by atoms with Gasteiger partial charge in [-0.05, 0) is 24.6 Å². The van der Waals surface area contributed by atoms with Crippen LogP contribution >= 0.6 is 0 Å². The van der Waals surface area contributed by atoms with Gasteiger partial charge in [-0.2, -0.15) is 0 Å². The summed E-state index contributed by atoms with van der Waals surface area (Å²) >= 11 is 0. The van der Waals surface area contributed by atoms with Gasteiger partial charge in [-0.3, -0.25) is 0 Å². The fourth-order valence-corrected chi connectivity index (χ4v) is 2.82. The molecule has 23 heavy (non-hydrogen) atoms. The lowest BCUT2D eigenvalue weighted by molar-refractivity contribution is 0.240. The van der Waals surface area contributed by atoms with Gasteiger partial charge in [0.2, 0.25) is 10.0 Å². The van der Waals surface area contributed by atoms with Crippen LogP contribution in [0.25, 0.3) is 0 Å². The van der Waals surface area contributed by atoms with E-state index >= 15 is 0 Å². The zero-order chi connectivity index (χ0) is 17.1. The van der Waals surface area contributed by atoms with E-state index in [0.717, 1.165) is 18.4 Å². The van der Waals surface area contributed by atoms with Crippen molar-refractivity contribution < 1.29 is 13.2 Å². The summed E-state index contributed by atoms with van der Waals surface area (Å²) in [5.41, 5.74) is 1.64. The highest BCUT2D eigenvalue weighted by atomic mass is 32.2. The first-order valence-electron chi connectivity index (χ1n) is 7.97. The van der Waals surface area contributed by atoms with E-state index in [1.54, 1.807) is 12.1 Å². The standard InChI is InChI=1S/C16H27N3O3S/c1-3-4-5-6-11-18-16(20)19-12-14-7-9-15(10-8-14)13-23(21,22)17-2/h7-10,17H,3-6,11-13H2,1-2H3,(H2,18,19,20). The molecule has 2 amide bonds. The summed E-state index contributed by atoms with van der Waals surface area (Å²) in [7, 11) is -1.86. The number of carbonyl (C=O) groups excluding carboxylic acids is 1. The van der Waals surface area contributed by atoms with Crippen LogP contribution in [0.15, 0.2) is 24.3 Å². The monoisotopic (exact) mass is 341 g/mol. The third kappa shape index (κ3) is 8.56. The molecule has 1 rings (SSSR count). The molecule has 0 saturated carbocycles. The van der Waals surface area contributed by atoms with Gasteiger partial charge in [0.15, 0.2) is 0 Å². The number of carbonyl (C=O) groups is 1. The van der Waals surface area contributed by atoms with Gasteiger partial charge in [-0.1, -0.05) is 50.5 Å². The summed E-state index contributed by atoms with van der Waals surface area (Å²) in [5, 5.41) is 5.61. The Kier molecular flexibility index (Phi) is 8.65. The molecule has 0 aliphatic rings. The third-order valence-corrected chi connectivity index (χ3v) is 4.80. The van der Waals surface area contributed by atoms with Gasteiger partial charge < -0.3 is 10.6 Å². The number of hydrogen-bond donors (Lipinski definition) is 3. The van der Waals surface area contributed by atoms with Crippen LogP contribution in [-0.4, -0.2) is 28.0 Å². The van der Waals surface area contributed by atoms with E-state index in [9.17, 15) is 13.2 Å². The molecule has 0 heterocycles. The van der Waals surface area contributed by atoms with Crippen LogP contribution < -0.4 is 15.4 Å². The predicted octanol–water partition coefficient (Wildman–Crippen LogP) is 2.12. The molecule has 0 atom stereocenters. The quantitative estimate of drug-likeness (QED) is 0.570. The first-order chi connectivity index (χ1) is 11.0. The zero-order valence-electron chi connectivity index (χ0n) is 13.9. The molecule has 3 N–H and O–H groups in total. The molecule has 0 bridgehead atoms. The number of sulfonamides is 1. The second kappa shape index (κ2) is 10.2. The van der Waals surface area contributed by atoms with Crippen molar-refractivity contribution in [3.63, 3.8) is 0 Å². The maximum absolute atomic E-state index is 11.6. The first kappa shape index (κ1) is 19.4. The molecule has 6 nitrogen and oxygen atoms in total. The van der Waals surface area contributed by atoms with Crippen LogP contribution in [-0.2, 0) is 22.3 Å². The normalized spacial score (nSPS) is 11.2. The van der Waals surface area contributed by atoms with Crippen LogP contribution in [0.3, 0.4) is 0 Å². The lowest BCUT2D eigenvalue weighted by Crippen LogP contribution is -2.35. The van der Waals surface area contributed by atoms with Crippen molar-refractivity contribution in [1.82, 2.24) is 15.4 Å². The van der Waals surface area contributed by atoms with Gasteiger partial charge >= 0.3 is 6.03 Å². The van der Waals surface area contributed by atoms with Gasteiger partial charge in [0.25, 0.3) is 0 Å². The number of unbranched alkanes of at least 4 members (excludes halogenated alkanes) is 3. The fraction of sp³-hybridized carbons (Fsp3) is 0.562. The van der Waals surface area contributed by atoms with Crippen LogP contribution in [0, 0.1) is 0 Å². The molecule has 0 unspecified atom stereocenters. The molecule has 0 fully saturated rings. The maximum Gasteiger partial charge on any atom is 0.315 e. The van der Waals surface area contributed by atoms with Gasteiger partial charge in [-0.15, -0.1) is 0 Å². The highest BCUT2D eigenvalue weighted by Crippen LogP contribution is 2.07. The van der Waals surface area contributed by atoms with Crippen molar-refractivity contribution in [3.8, 4) is 0 Å². The molecular weight excluding hydrogens is 314 g/mol. The topological polar surface area (TPSA) is 87.3 Å². The van der Waals surface area contributed by atoms with Gasteiger partial charge in [-0.25, -0.2) is 17.9 Å². The summed E-state index contributed by atoms with van der Waals surface area (Å²) in [4.78, 5) is 11.6. The Morgan fingerprint density at radius 1 is 1.00 bits per heavy atom. The minimum absolute atomic E-state index is 0.0462. The molecule has 7 heteroatoms. The lowest BCUT2D eigenvalue weighted by atomic mass is 10.1. The third-order valence-electron chi connectivity index (χ3n) is 3.46. The highest BCUT2D eigenvalue weighted by molar-refractivity contribution is 7.88. The molecule has 130 valence electrons. The molecule has 1 aromatic carbocycles. The number of rotatable bonds is 10. The largest absolute Gasteiger partial charge is 0.338 e. The SMILES string of the molecule is CCCCCCNC(=O)NCc1ccc(CS(=O)(=O)NC)cc1. The lowest BCUT2D eigenvalue weighted by Gasteiger charge is -2.08. The van der Waals surface area contributed by atoms with E-state index in [4.69, 9.17) is 0 Å². The fourth-order valence-electron chi connectivity index (χ4n) is 2.04. The Labute approximate surface area is 139 Å². The molecule has 0 spiro atoms. The second-order valence-electron chi connectivity index (χ2n) is 5.45. The van der Waals surface area contributed by atoms with Crippen LogP contribution in [0.1, 0.15) is 43.7 Å². The van der Waals surface area contributed by atoms with Crippen LogP contribution in [0.2, 0.25) is 0 Å². The Morgan fingerprint density at radius 2 is 1.65 bits per heavy atom. The summed E-state index contributed by atoms with van der Waals surface area (Å²) in [6.07, 6.45) is 4.50. The van der Waals surface area contributed by atoms with Crippen LogP contribution in [0.4, 0.5) is 4.79 Å². The first-order valence-corrected chi connectivity index (χ1v) is 9.63. The van der Waals surface area contributed by atoms with E-state index < -0.39 is 10.0 Å². The Bertz CT molecular complexity index is 571. The molecule has 0 saturated heterocycles. The van der Waals surface area contributed by atoms with Crippen molar-refractivity contribution in [2.75, 3.05) is 13.6 Å². The zero-order valence-corrected chi connectivity index (χ0v) is 14.7. The minimum Gasteiger partial charge on any atom is -0.338 e. The number of urea groups is 1. The average Bonchev–Trinajstić information content (AvgIpc) is 2.54. The minimum atomic E-state index is -3.26. The second-order valence-corrected chi connectivity index (χ2v) is 7.38. The van der Waals surface area contributed by atoms with E-state index in [0.29, 0.717) is 18.7 Å². The molecule has 0 aliphatic carbocycles. The Hall–Kier alpha value is -1.60. The average molecular weight is 341 g/mol. The van der Waals surface area contributed by atoms with Crippen molar-refractivity contribution >= 4 is 16.1 Å². The summed E-state index contributed by atoms with van der Waals surface area (Å²) < 4.78 is 25.2. The number of amides is 2. The Morgan fingerprint density at radius 3 is 2.26 bits per heavy atom. The molecule has 0 aliphatic heterocycles. The van der Waals surface area contributed by atoms with E-state index in [1.807, 2.05) is 12.1 Å². The van der Waals surface area contributed by atoms with Crippen molar-refractivity contribution in [2.24, 2.45) is 0 Å². The molecule has 1 aromatic rings. The summed E-state index contributed by atoms with van der Waals surface area (Å²) in [5.74, 6) is -0.0462. The maximum atomic E-state index is 11.6. The summed E-state index contributed by atoms with van der Waals surface area (Å²) in [6, 6.07) is 6.98. The van der Waals surface area contributed by atoms with Crippen molar-refractivity contribution in [2.45, 2.75) is 44.9 Å². The van der Waals surface area contributed by atoms with Gasteiger partial charge in [0.05, 0.1) is 5.75 Å². The number of nitrogens with one attached hydrogen (secondary N) is 3. The highest BCUT2D eigenvalue weighted by Gasteiger charge is 2.08. The van der Waals surface area contributed by atoms with Crippen LogP contribution in [0.5, 0.6) is 0 Å². The number of hydrogen-bond acceptors (Lipinski definition) is 3. The summed E-state index contributed by atoms with van der Waals surface area (Å²) in [6.45, 7) is 3.26. The van der Waals surface area contributed by atoms with Crippen molar-refractivity contribution in [3.05, 3.63) is 35.4 Å². The molecular formula is C16H27N3O3S. The van der Waals surface area contributed by atoms with Crippen molar-refractivity contribution in [1.29, 1.82) is 0 Å². The van der Waals surface area contributed by atoms with E-state index in [2.05, 4.69) is 22.3 Å². The molecule has 0 aromatic heterocycles. The Balaban J connectivity index is 2.31. The van der Waals surface area contributed by atoms with Gasteiger partial charge in [0.1, 0.15) is 0 Å². The molecule has 0 radical (unpaired) electrons. The van der Waals surface area contributed by atoms with E-state index in [-0.39, 0.29) is 11.8 Å². The van der Waals surface area contributed by atoms with E-state index in [1.165, 1.54) is 19.9 Å². The van der Waals surface area contributed by atoms with Gasteiger partial charge in [0, 0.05) is 13.1 Å².